The lowest BCUT2D eigenvalue weighted by atomic mass is 10.2. The zero-order valence-electron chi connectivity index (χ0n) is 21.4. The smallest absolute Gasteiger partial charge is 0.300 e. The van der Waals surface area contributed by atoms with Crippen molar-refractivity contribution < 1.29 is 23.8 Å². The fraction of sp³-hybridized carbons (Fsp3) is 0.385. The molecule has 0 unspecified atom stereocenters. The maximum Gasteiger partial charge on any atom is 0.300 e. The summed E-state index contributed by atoms with van der Waals surface area (Å²) in [7, 11) is 3.73. The molecule has 1 amide bonds. The maximum absolute atomic E-state index is 12.7. The molecule has 0 radical (unpaired) electrons. The molecule has 0 saturated carbocycles. The van der Waals surface area contributed by atoms with Gasteiger partial charge in [0, 0.05) is 38.9 Å². The Morgan fingerprint density at radius 1 is 1.13 bits per heavy atom. The van der Waals surface area contributed by atoms with Crippen molar-refractivity contribution in [2.75, 3.05) is 69.8 Å². The largest absolute Gasteiger partial charge is 0.501 e. The summed E-state index contributed by atoms with van der Waals surface area (Å²) < 4.78 is 18.9. The van der Waals surface area contributed by atoms with E-state index < -0.39 is 11.3 Å². The number of likely N-dealkylation sites (N-methyl/N-ethyl adjacent to an activating group) is 1. The highest BCUT2D eigenvalue weighted by Gasteiger charge is 2.27. The molecule has 11 nitrogen and oxygen atoms in total. The number of halogens is 1. The molecular weight excluding hydrogens is 495 g/mol. The van der Waals surface area contributed by atoms with Gasteiger partial charge < -0.3 is 25.0 Å². The van der Waals surface area contributed by atoms with Gasteiger partial charge >= 0.3 is 5.56 Å². The van der Waals surface area contributed by atoms with Crippen LogP contribution in [0.25, 0.3) is 5.65 Å². The topological polar surface area (TPSA) is 120 Å². The highest BCUT2D eigenvalue weighted by atomic mass is 19.1. The summed E-state index contributed by atoms with van der Waals surface area (Å²) in [6.45, 7) is 4.54. The van der Waals surface area contributed by atoms with Crippen LogP contribution in [0, 0.1) is 5.82 Å². The van der Waals surface area contributed by atoms with E-state index in [4.69, 9.17) is 4.74 Å². The van der Waals surface area contributed by atoms with Crippen LogP contribution in [-0.4, -0.2) is 91.6 Å². The molecule has 4 heterocycles. The Kier molecular flexibility index (Phi) is 8.66. The first-order valence-electron chi connectivity index (χ1n) is 12.3. The molecule has 202 valence electrons. The van der Waals surface area contributed by atoms with E-state index in [2.05, 4.69) is 10.3 Å². The van der Waals surface area contributed by atoms with Crippen molar-refractivity contribution in [2.24, 2.45) is 0 Å². The van der Waals surface area contributed by atoms with Gasteiger partial charge in [0.25, 0.3) is 0 Å². The number of amides is 1. The number of hydrogen-bond acceptors (Lipinski definition) is 9. The Labute approximate surface area is 219 Å². The highest BCUT2D eigenvalue weighted by molar-refractivity contribution is 5.99. The molecule has 0 atom stereocenters. The lowest BCUT2D eigenvalue weighted by molar-refractivity contribution is -0.120. The summed E-state index contributed by atoms with van der Waals surface area (Å²) in [5.74, 6) is -1.01. The molecule has 5 rings (SSSR count). The van der Waals surface area contributed by atoms with Crippen molar-refractivity contribution in [2.45, 2.75) is 6.54 Å². The second-order valence-corrected chi connectivity index (χ2v) is 9.09. The number of carbonyl (C=O) groups excluding carboxylic acids is 2. The van der Waals surface area contributed by atoms with Gasteiger partial charge in [-0.3, -0.25) is 23.7 Å². The number of benzene rings is 1. The van der Waals surface area contributed by atoms with Crippen LogP contribution < -0.4 is 20.7 Å². The predicted molar refractivity (Wildman–Crippen MR) is 141 cm³/mol. The number of rotatable bonds is 5. The van der Waals surface area contributed by atoms with E-state index in [0.29, 0.717) is 51.4 Å². The van der Waals surface area contributed by atoms with E-state index >= 15 is 0 Å². The minimum atomic E-state index is -0.745. The molecule has 38 heavy (non-hydrogen) atoms. The SMILES string of the molecule is CN1CCN(c2cc(N3CCOCC3)cn3c(=O)c(O)c(C=O)nc23)C(=O)C1.CNCc1ccc(F)cc1. The van der Waals surface area contributed by atoms with Crippen LogP contribution in [0.2, 0.25) is 0 Å². The van der Waals surface area contributed by atoms with Crippen LogP contribution in [-0.2, 0) is 16.1 Å². The summed E-state index contributed by atoms with van der Waals surface area (Å²) in [4.78, 5) is 46.3. The molecule has 2 fully saturated rings. The summed E-state index contributed by atoms with van der Waals surface area (Å²) in [5, 5.41) is 13.0. The minimum Gasteiger partial charge on any atom is -0.501 e. The van der Waals surface area contributed by atoms with Gasteiger partial charge in [-0.1, -0.05) is 12.1 Å². The van der Waals surface area contributed by atoms with Crippen molar-refractivity contribution in [1.29, 1.82) is 0 Å². The zero-order valence-corrected chi connectivity index (χ0v) is 21.4. The number of hydrogen-bond donors (Lipinski definition) is 2. The third-order valence-electron chi connectivity index (χ3n) is 6.38. The van der Waals surface area contributed by atoms with E-state index in [9.17, 15) is 23.9 Å². The normalized spacial score (nSPS) is 16.3. The summed E-state index contributed by atoms with van der Waals surface area (Å²) in [6.07, 6.45) is 1.91. The number of ether oxygens (including phenoxy) is 1. The number of aromatic nitrogens is 2. The average molecular weight is 527 g/mol. The Morgan fingerprint density at radius 2 is 1.84 bits per heavy atom. The first-order valence-corrected chi connectivity index (χ1v) is 12.3. The monoisotopic (exact) mass is 526 g/mol. The van der Waals surface area contributed by atoms with Gasteiger partial charge in [0.15, 0.2) is 17.6 Å². The predicted octanol–water partition coefficient (Wildman–Crippen LogP) is 0.873. The molecule has 0 bridgehead atoms. The van der Waals surface area contributed by atoms with Gasteiger partial charge in [0.2, 0.25) is 11.7 Å². The van der Waals surface area contributed by atoms with Gasteiger partial charge in [-0.2, -0.15) is 0 Å². The van der Waals surface area contributed by atoms with Crippen molar-refractivity contribution in [3.8, 4) is 5.75 Å². The Hall–Kier alpha value is -3.87. The second kappa shape index (κ2) is 12.1. The molecule has 2 N–H and O–H groups in total. The van der Waals surface area contributed by atoms with Crippen molar-refractivity contribution >= 4 is 29.2 Å². The van der Waals surface area contributed by atoms with Crippen LogP contribution in [0.15, 0.2) is 41.3 Å². The number of nitrogens with zero attached hydrogens (tertiary/aromatic N) is 5. The molecule has 12 heteroatoms. The quantitative estimate of drug-likeness (QED) is 0.467. The lowest BCUT2D eigenvalue weighted by Gasteiger charge is -2.34. The molecule has 2 aliphatic rings. The van der Waals surface area contributed by atoms with Gasteiger partial charge in [-0.05, 0) is 37.9 Å². The van der Waals surface area contributed by atoms with E-state index in [-0.39, 0.29) is 29.6 Å². The van der Waals surface area contributed by atoms with Crippen molar-refractivity contribution in [3.63, 3.8) is 0 Å². The van der Waals surface area contributed by atoms with E-state index in [1.165, 1.54) is 16.5 Å². The number of anilines is 2. The maximum atomic E-state index is 12.7. The van der Waals surface area contributed by atoms with Crippen LogP contribution >= 0.6 is 0 Å². The number of morpholine rings is 1. The van der Waals surface area contributed by atoms with Crippen LogP contribution in [0.1, 0.15) is 16.1 Å². The first kappa shape index (κ1) is 27.2. The van der Waals surface area contributed by atoms with Crippen LogP contribution in [0.4, 0.5) is 15.8 Å². The summed E-state index contributed by atoms with van der Waals surface area (Å²) in [6, 6.07) is 8.28. The van der Waals surface area contributed by atoms with E-state index in [1.807, 2.05) is 30.0 Å². The fourth-order valence-corrected chi connectivity index (χ4v) is 4.34. The average Bonchev–Trinajstić information content (AvgIpc) is 2.92. The van der Waals surface area contributed by atoms with E-state index in [1.54, 1.807) is 23.2 Å². The fourth-order valence-electron chi connectivity index (χ4n) is 4.34. The molecule has 2 saturated heterocycles. The molecular formula is C26H31FN6O5. The molecule has 0 spiro atoms. The third kappa shape index (κ3) is 5.98. The molecule has 0 aliphatic carbocycles. The Morgan fingerprint density at radius 3 is 2.47 bits per heavy atom. The second-order valence-electron chi connectivity index (χ2n) is 9.09. The van der Waals surface area contributed by atoms with Gasteiger partial charge in [-0.15, -0.1) is 0 Å². The first-order chi connectivity index (χ1) is 18.3. The van der Waals surface area contributed by atoms with Gasteiger partial charge in [-0.25, -0.2) is 9.37 Å². The third-order valence-corrected chi connectivity index (χ3v) is 6.38. The van der Waals surface area contributed by atoms with Crippen molar-refractivity contribution in [1.82, 2.24) is 19.6 Å². The van der Waals surface area contributed by atoms with E-state index in [0.717, 1.165) is 17.8 Å². The van der Waals surface area contributed by atoms with Gasteiger partial charge in [0.1, 0.15) is 5.82 Å². The Balaban J connectivity index is 0.000000283. The number of nitrogens with one attached hydrogen (secondary N) is 1. The van der Waals surface area contributed by atoms with Crippen LogP contribution in [0.3, 0.4) is 0 Å². The van der Waals surface area contributed by atoms with Gasteiger partial charge in [0.05, 0.1) is 31.1 Å². The number of aromatic hydroxyl groups is 1. The zero-order chi connectivity index (χ0) is 27.2. The Bertz CT molecular complexity index is 1360. The molecule has 2 aliphatic heterocycles. The molecule has 3 aromatic rings. The van der Waals surface area contributed by atoms with Crippen LogP contribution in [0.5, 0.6) is 5.75 Å². The molecule has 2 aromatic heterocycles. The number of pyridine rings is 1. The lowest BCUT2D eigenvalue weighted by Crippen LogP contribution is -2.49. The minimum absolute atomic E-state index is 0.121. The highest BCUT2D eigenvalue weighted by Crippen LogP contribution is 2.29. The standard InChI is InChI=1S/C18H21N5O5.C8H10FN/c1-20-2-3-22(15(25)10-20)14-8-12(21-4-6-28-7-5-21)9-23-17(14)19-13(11-24)16(26)18(23)27;1-10-6-7-2-4-8(9)5-3-7/h8-9,11,26H,2-7,10H2,1H3;2-5,10H,6H2,1H3. The number of aldehydes is 1. The number of carbonyl (C=O) groups is 2. The summed E-state index contributed by atoms with van der Waals surface area (Å²) in [5.41, 5.74) is 1.35. The number of piperazine rings is 1. The molecule has 1 aromatic carbocycles. The van der Waals surface area contributed by atoms with Crippen molar-refractivity contribution in [3.05, 3.63) is 64.0 Å². The number of fused-ring (bicyclic) bond motifs is 1. The summed E-state index contributed by atoms with van der Waals surface area (Å²) >= 11 is 0.